The molecule has 0 aliphatic carbocycles. The van der Waals surface area contributed by atoms with Gasteiger partial charge in [0.1, 0.15) is 6.61 Å². The molecule has 0 heterocycles. The quantitative estimate of drug-likeness (QED) is 0.500. The molecule has 1 amide bonds. The van der Waals surface area contributed by atoms with Crippen molar-refractivity contribution >= 4 is 11.9 Å². The molecule has 0 saturated heterocycles. The number of rotatable bonds is 6. The molecular weight excluding hydrogens is 316 g/mol. The van der Waals surface area contributed by atoms with E-state index in [1.165, 1.54) is 0 Å². The molecular formula is C20H18N2O3. The Labute approximate surface area is 146 Å². The van der Waals surface area contributed by atoms with E-state index in [4.69, 9.17) is 10.00 Å². The standard InChI is InChI=1S/C20H18N2O3/c1-14(2)20(24)25-12-11-22-19(23)18-9-7-17(8-10-18)16-5-3-15(13-21)4-6-16/h3-10H,1,11-12H2,2H3,(H,22,23). The Kier molecular flexibility index (Phi) is 6.08. The Morgan fingerprint density at radius 1 is 1.08 bits per heavy atom. The molecule has 0 aromatic heterocycles. The van der Waals surface area contributed by atoms with Gasteiger partial charge in [-0.3, -0.25) is 4.79 Å². The van der Waals surface area contributed by atoms with Crippen LogP contribution in [0.3, 0.4) is 0 Å². The van der Waals surface area contributed by atoms with Gasteiger partial charge < -0.3 is 10.1 Å². The number of amides is 1. The first-order chi connectivity index (χ1) is 12.0. The van der Waals surface area contributed by atoms with E-state index in [2.05, 4.69) is 18.0 Å². The molecule has 0 aliphatic heterocycles. The molecule has 5 nitrogen and oxygen atoms in total. The first kappa shape index (κ1) is 18.0. The van der Waals surface area contributed by atoms with Crippen LogP contribution in [0.4, 0.5) is 0 Å². The summed E-state index contributed by atoms with van der Waals surface area (Å²) in [5, 5.41) is 11.5. The molecule has 0 unspecified atom stereocenters. The van der Waals surface area contributed by atoms with Crippen LogP contribution in [0.2, 0.25) is 0 Å². The van der Waals surface area contributed by atoms with Crippen LogP contribution in [0, 0.1) is 11.3 Å². The lowest BCUT2D eigenvalue weighted by atomic mass is 10.0. The van der Waals surface area contributed by atoms with Gasteiger partial charge in [-0.05, 0) is 42.3 Å². The van der Waals surface area contributed by atoms with E-state index in [9.17, 15) is 9.59 Å². The molecule has 0 spiro atoms. The van der Waals surface area contributed by atoms with Gasteiger partial charge in [0.25, 0.3) is 5.91 Å². The summed E-state index contributed by atoms with van der Waals surface area (Å²) in [6.45, 7) is 5.38. The summed E-state index contributed by atoms with van der Waals surface area (Å²) in [6, 6.07) is 16.5. The number of nitriles is 1. The summed E-state index contributed by atoms with van der Waals surface area (Å²) in [5.41, 5.74) is 3.37. The van der Waals surface area contributed by atoms with Crippen molar-refractivity contribution in [2.75, 3.05) is 13.2 Å². The minimum Gasteiger partial charge on any atom is -0.460 e. The molecule has 0 fully saturated rings. The zero-order valence-electron chi connectivity index (χ0n) is 13.9. The lowest BCUT2D eigenvalue weighted by molar-refractivity contribution is -0.138. The van der Waals surface area contributed by atoms with Gasteiger partial charge in [0.2, 0.25) is 0 Å². The molecule has 0 bridgehead atoms. The molecule has 126 valence electrons. The zero-order valence-corrected chi connectivity index (χ0v) is 13.9. The lowest BCUT2D eigenvalue weighted by Crippen LogP contribution is -2.28. The topological polar surface area (TPSA) is 79.2 Å². The summed E-state index contributed by atoms with van der Waals surface area (Å²) in [6.07, 6.45) is 0. The second kappa shape index (κ2) is 8.46. The van der Waals surface area contributed by atoms with E-state index >= 15 is 0 Å². The van der Waals surface area contributed by atoms with Crippen LogP contribution in [0.1, 0.15) is 22.8 Å². The number of carbonyl (C=O) groups is 2. The highest BCUT2D eigenvalue weighted by Crippen LogP contribution is 2.20. The summed E-state index contributed by atoms with van der Waals surface area (Å²) >= 11 is 0. The van der Waals surface area contributed by atoms with Crippen molar-refractivity contribution in [3.63, 3.8) is 0 Å². The zero-order chi connectivity index (χ0) is 18.2. The number of hydrogen-bond acceptors (Lipinski definition) is 4. The maximum Gasteiger partial charge on any atom is 0.333 e. The average Bonchev–Trinajstić information content (AvgIpc) is 2.65. The van der Waals surface area contributed by atoms with Gasteiger partial charge in [-0.1, -0.05) is 30.8 Å². The lowest BCUT2D eigenvalue weighted by Gasteiger charge is -2.07. The number of hydrogen-bond donors (Lipinski definition) is 1. The van der Waals surface area contributed by atoms with Gasteiger partial charge in [-0.2, -0.15) is 5.26 Å². The van der Waals surface area contributed by atoms with Gasteiger partial charge in [-0.15, -0.1) is 0 Å². The van der Waals surface area contributed by atoms with E-state index in [0.717, 1.165) is 11.1 Å². The van der Waals surface area contributed by atoms with Gasteiger partial charge in [0.05, 0.1) is 18.2 Å². The summed E-state index contributed by atoms with van der Waals surface area (Å²) in [4.78, 5) is 23.3. The number of nitrogens with one attached hydrogen (secondary N) is 1. The van der Waals surface area contributed by atoms with Crippen molar-refractivity contribution < 1.29 is 14.3 Å². The summed E-state index contributed by atoms with van der Waals surface area (Å²) < 4.78 is 4.91. The Morgan fingerprint density at radius 3 is 2.16 bits per heavy atom. The molecule has 0 radical (unpaired) electrons. The summed E-state index contributed by atoms with van der Waals surface area (Å²) in [7, 11) is 0. The maximum atomic E-state index is 12.0. The normalized spacial score (nSPS) is 9.76. The molecule has 2 rings (SSSR count). The van der Waals surface area contributed by atoms with Crippen LogP contribution in [0.5, 0.6) is 0 Å². The van der Waals surface area contributed by atoms with Gasteiger partial charge in [0, 0.05) is 11.1 Å². The third kappa shape index (κ3) is 5.05. The molecule has 1 N–H and O–H groups in total. The fraction of sp³-hybridized carbons (Fsp3) is 0.150. The molecule has 2 aromatic carbocycles. The van der Waals surface area contributed by atoms with Crippen LogP contribution < -0.4 is 5.32 Å². The Bertz CT molecular complexity index is 816. The van der Waals surface area contributed by atoms with Crippen molar-refractivity contribution in [3.8, 4) is 17.2 Å². The van der Waals surface area contributed by atoms with Crippen LogP contribution in [-0.4, -0.2) is 25.0 Å². The minimum atomic E-state index is -0.471. The van der Waals surface area contributed by atoms with Crippen molar-refractivity contribution in [1.29, 1.82) is 5.26 Å². The highest BCUT2D eigenvalue weighted by molar-refractivity contribution is 5.94. The second-order valence-electron chi connectivity index (χ2n) is 5.44. The molecule has 5 heteroatoms. The fourth-order valence-corrected chi connectivity index (χ4v) is 2.08. The molecule has 0 aliphatic rings. The van der Waals surface area contributed by atoms with Crippen molar-refractivity contribution in [3.05, 3.63) is 71.8 Å². The monoisotopic (exact) mass is 334 g/mol. The van der Waals surface area contributed by atoms with Gasteiger partial charge in [0.15, 0.2) is 0 Å². The van der Waals surface area contributed by atoms with E-state index in [1.807, 2.05) is 24.3 Å². The number of nitrogens with zero attached hydrogens (tertiary/aromatic N) is 1. The van der Waals surface area contributed by atoms with Gasteiger partial charge >= 0.3 is 5.97 Å². The van der Waals surface area contributed by atoms with E-state index < -0.39 is 5.97 Å². The van der Waals surface area contributed by atoms with Crippen molar-refractivity contribution in [1.82, 2.24) is 5.32 Å². The third-order valence-electron chi connectivity index (χ3n) is 3.46. The summed E-state index contributed by atoms with van der Waals surface area (Å²) in [5.74, 6) is -0.709. The van der Waals surface area contributed by atoms with Crippen LogP contribution >= 0.6 is 0 Å². The maximum absolute atomic E-state index is 12.0. The number of ether oxygens (including phenoxy) is 1. The first-order valence-electron chi connectivity index (χ1n) is 7.72. The molecule has 25 heavy (non-hydrogen) atoms. The van der Waals surface area contributed by atoms with Crippen molar-refractivity contribution in [2.45, 2.75) is 6.92 Å². The van der Waals surface area contributed by atoms with Gasteiger partial charge in [-0.25, -0.2) is 4.79 Å². The number of carbonyl (C=O) groups excluding carboxylic acids is 2. The van der Waals surface area contributed by atoms with Crippen molar-refractivity contribution in [2.24, 2.45) is 0 Å². The third-order valence-corrected chi connectivity index (χ3v) is 3.46. The molecule has 2 aromatic rings. The minimum absolute atomic E-state index is 0.0980. The second-order valence-corrected chi connectivity index (χ2v) is 5.44. The fourth-order valence-electron chi connectivity index (χ4n) is 2.08. The Morgan fingerprint density at radius 2 is 1.64 bits per heavy atom. The van der Waals surface area contributed by atoms with E-state index in [1.54, 1.807) is 31.2 Å². The largest absolute Gasteiger partial charge is 0.460 e. The Hall–Kier alpha value is -3.39. The predicted octanol–water partition coefficient (Wildman–Crippen LogP) is 3.07. The van der Waals surface area contributed by atoms with E-state index in [-0.39, 0.29) is 19.1 Å². The highest BCUT2D eigenvalue weighted by atomic mass is 16.5. The number of esters is 1. The predicted molar refractivity (Wildman–Crippen MR) is 94.7 cm³/mol. The van der Waals surface area contributed by atoms with Crippen LogP contribution in [0.25, 0.3) is 11.1 Å². The average molecular weight is 334 g/mol. The SMILES string of the molecule is C=C(C)C(=O)OCCNC(=O)c1ccc(-c2ccc(C#N)cc2)cc1. The van der Waals surface area contributed by atoms with Crippen LogP contribution in [-0.2, 0) is 9.53 Å². The molecule has 0 atom stereocenters. The molecule has 0 saturated carbocycles. The first-order valence-corrected chi connectivity index (χ1v) is 7.72. The number of benzene rings is 2. The Balaban J connectivity index is 1.90. The van der Waals surface area contributed by atoms with Crippen LogP contribution in [0.15, 0.2) is 60.7 Å². The highest BCUT2D eigenvalue weighted by Gasteiger charge is 2.07. The van der Waals surface area contributed by atoms with E-state index in [0.29, 0.717) is 16.7 Å². The smallest absolute Gasteiger partial charge is 0.333 e.